The van der Waals surface area contributed by atoms with Crippen molar-refractivity contribution in [2.24, 2.45) is 0 Å². The van der Waals surface area contributed by atoms with Crippen molar-refractivity contribution in [1.82, 2.24) is 5.32 Å². The van der Waals surface area contributed by atoms with Crippen LogP contribution >= 0.6 is 15.9 Å². The molecule has 0 aliphatic carbocycles. The van der Waals surface area contributed by atoms with Crippen LogP contribution in [0.1, 0.15) is 18.6 Å². The monoisotopic (exact) mass is 333 g/mol. The number of phenols is 1. The zero-order valence-electron chi connectivity index (χ0n) is 10.6. The minimum absolute atomic E-state index is 0.109. The maximum atomic E-state index is 10.8. The lowest BCUT2D eigenvalue weighted by Crippen LogP contribution is -2.34. The molecule has 0 saturated heterocycles. The number of carbonyl (C=O) groups excluding carboxylic acids is 1. The van der Waals surface area contributed by atoms with Gasteiger partial charge in [0.1, 0.15) is 12.2 Å². The first-order valence-electron chi connectivity index (χ1n) is 5.54. The number of aliphatic hydroxyl groups excluding tert-OH is 2. The van der Waals surface area contributed by atoms with E-state index in [-0.39, 0.29) is 29.5 Å². The lowest BCUT2D eigenvalue weighted by molar-refractivity contribution is -0.119. The fourth-order valence-electron chi connectivity index (χ4n) is 1.56. The first-order valence-corrected chi connectivity index (χ1v) is 6.33. The van der Waals surface area contributed by atoms with E-state index in [0.29, 0.717) is 4.47 Å². The number of aliphatic hydroxyl groups is 2. The Labute approximate surface area is 119 Å². The van der Waals surface area contributed by atoms with Gasteiger partial charge in [-0.25, -0.2) is 0 Å². The highest BCUT2D eigenvalue weighted by molar-refractivity contribution is 9.10. The summed E-state index contributed by atoms with van der Waals surface area (Å²) in [6, 6.07) is 3.11. The van der Waals surface area contributed by atoms with Crippen LogP contribution in [0.25, 0.3) is 0 Å². The molecule has 6 nitrogen and oxygen atoms in total. The van der Waals surface area contributed by atoms with Gasteiger partial charge in [-0.3, -0.25) is 4.79 Å². The molecule has 0 aromatic heterocycles. The number of nitrogens with one attached hydrogen (secondary N) is 1. The van der Waals surface area contributed by atoms with Gasteiger partial charge < -0.3 is 25.4 Å². The van der Waals surface area contributed by atoms with Gasteiger partial charge in [-0.05, 0) is 12.1 Å². The molecule has 106 valence electrons. The Morgan fingerprint density at radius 3 is 2.63 bits per heavy atom. The molecule has 19 heavy (non-hydrogen) atoms. The van der Waals surface area contributed by atoms with Crippen LogP contribution in [0.3, 0.4) is 0 Å². The quantitative estimate of drug-likeness (QED) is 0.635. The van der Waals surface area contributed by atoms with Gasteiger partial charge in [0.2, 0.25) is 5.91 Å². The molecule has 0 fully saturated rings. The summed E-state index contributed by atoms with van der Waals surface area (Å²) in [5.41, 5.74) is 0.109. The SMILES string of the molecule is COc1ccc(Br)c(C(O)C(O)CNC(C)=O)c1O. The van der Waals surface area contributed by atoms with Crippen LogP contribution in [0.2, 0.25) is 0 Å². The smallest absolute Gasteiger partial charge is 0.216 e. The van der Waals surface area contributed by atoms with Gasteiger partial charge in [-0.1, -0.05) is 15.9 Å². The molecule has 0 radical (unpaired) electrons. The predicted octanol–water partition coefficient (Wildman–Crippen LogP) is 0.694. The number of benzene rings is 1. The maximum Gasteiger partial charge on any atom is 0.216 e. The molecule has 0 aliphatic heterocycles. The molecule has 1 amide bonds. The van der Waals surface area contributed by atoms with Gasteiger partial charge in [0, 0.05) is 23.5 Å². The van der Waals surface area contributed by atoms with Gasteiger partial charge in [-0.2, -0.15) is 0 Å². The van der Waals surface area contributed by atoms with E-state index < -0.39 is 12.2 Å². The second-order valence-electron chi connectivity index (χ2n) is 3.96. The molecular formula is C12H16BrNO5. The Kier molecular flexibility index (Phi) is 5.59. The molecule has 4 N–H and O–H groups in total. The summed E-state index contributed by atoms with van der Waals surface area (Å²) in [4.78, 5) is 10.8. The van der Waals surface area contributed by atoms with Crippen molar-refractivity contribution in [3.05, 3.63) is 22.2 Å². The maximum absolute atomic E-state index is 10.8. The number of phenolic OH excluding ortho intramolecular Hbond substituents is 1. The predicted molar refractivity (Wildman–Crippen MR) is 72.0 cm³/mol. The summed E-state index contributed by atoms with van der Waals surface area (Å²) in [7, 11) is 1.38. The highest BCUT2D eigenvalue weighted by atomic mass is 79.9. The number of ether oxygens (including phenoxy) is 1. The zero-order chi connectivity index (χ0) is 14.6. The van der Waals surface area contributed by atoms with E-state index in [2.05, 4.69) is 21.2 Å². The van der Waals surface area contributed by atoms with E-state index in [1.807, 2.05) is 0 Å². The number of aromatic hydroxyl groups is 1. The van der Waals surface area contributed by atoms with Crippen molar-refractivity contribution in [3.8, 4) is 11.5 Å². The molecule has 7 heteroatoms. The summed E-state index contributed by atoms with van der Waals surface area (Å²) in [5, 5.41) is 32.2. The van der Waals surface area contributed by atoms with Crippen LogP contribution in [-0.2, 0) is 4.79 Å². The van der Waals surface area contributed by atoms with Crippen molar-refractivity contribution in [2.45, 2.75) is 19.1 Å². The summed E-state index contributed by atoms with van der Waals surface area (Å²) in [6.45, 7) is 1.18. The minimum atomic E-state index is -1.36. The second-order valence-corrected chi connectivity index (χ2v) is 4.82. The van der Waals surface area contributed by atoms with Gasteiger partial charge in [0.05, 0.1) is 7.11 Å². The van der Waals surface area contributed by atoms with E-state index in [4.69, 9.17) is 4.74 Å². The van der Waals surface area contributed by atoms with Crippen molar-refractivity contribution in [1.29, 1.82) is 0 Å². The highest BCUT2D eigenvalue weighted by Gasteiger charge is 2.25. The Morgan fingerprint density at radius 2 is 2.11 bits per heavy atom. The summed E-state index contributed by atoms with van der Waals surface area (Å²) in [5.74, 6) is -0.393. The zero-order valence-corrected chi connectivity index (χ0v) is 12.1. The number of methoxy groups -OCH3 is 1. The van der Waals surface area contributed by atoms with Gasteiger partial charge >= 0.3 is 0 Å². The molecule has 0 bridgehead atoms. The largest absolute Gasteiger partial charge is 0.504 e. The summed E-state index contributed by atoms with van der Waals surface area (Å²) >= 11 is 3.19. The van der Waals surface area contributed by atoms with Crippen LogP contribution in [0.4, 0.5) is 0 Å². The van der Waals surface area contributed by atoms with Crippen LogP contribution in [0.15, 0.2) is 16.6 Å². The van der Waals surface area contributed by atoms with E-state index in [0.717, 1.165) is 0 Å². The fraction of sp³-hybridized carbons (Fsp3) is 0.417. The molecular weight excluding hydrogens is 318 g/mol. The molecule has 1 aromatic rings. The van der Waals surface area contributed by atoms with Crippen LogP contribution in [0, 0.1) is 0 Å². The van der Waals surface area contributed by atoms with Crippen LogP contribution in [0.5, 0.6) is 11.5 Å². The summed E-state index contributed by atoms with van der Waals surface area (Å²) < 4.78 is 5.37. The molecule has 1 aromatic carbocycles. The molecule has 0 heterocycles. The van der Waals surface area contributed by atoms with E-state index in [1.54, 1.807) is 6.07 Å². The summed E-state index contributed by atoms with van der Waals surface area (Å²) in [6.07, 6.45) is -2.62. The lowest BCUT2D eigenvalue weighted by atomic mass is 10.0. The first kappa shape index (κ1) is 15.7. The third kappa shape index (κ3) is 3.82. The number of halogens is 1. The number of amides is 1. The number of hydrogen-bond donors (Lipinski definition) is 4. The first-order chi connectivity index (χ1) is 8.88. The molecule has 1 rings (SSSR count). The lowest BCUT2D eigenvalue weighted by Gasteiger charge is -2.21. The van der Waals surface area contributed by atoms with E-state index >= 15 is 0 Å². The third-order valence-corrected chi connectivity index (χ3v) is 3.26. The number of rotatable bonds is 5. The van der Waals surface area contributed by atoms with Crippen molar-refractivity contribution < 1.29 is 24.9 Å². The topological polar surface area (TPSA) is 99.0 Å². The Balaban J connectivity index is 2.98. The number of carbonyl (C=O) groups is 1. The fourth-order valence-corrected chi connectivity index (χ4v) is 2.12. The second kappa shape index (κ2) is 6.74. The Bertz CT molecular complexity index is 466. The van der Waals surface area contributed by atoms with Crippen molar-refractivity contribution in [3.63, 3.8) is 0 Å². The van der Waals surface area contributed by atoms with Crippen molar-refractivity contribution >= 4 is 21.8 Å². The van der Waals surface area contributed by atoms with Crippen molar-refractivity contribution in [2.75, 3.05) is 13.7 Å². The Morgan fingerprint density at radius 1 is 1.47 bits per heavy atom. The highest BCUT2D eigenvalue weighted by Crippen LogP contribution is 2.39. The standard InChI is InChI=1S/C12H16BrNO5/c1-6(15)14-5-8(16)11(17)10-7(13)3-4-9(19-2)12(10)18/h3-4,8,11,16-18H,5H2,1-2H3,(H,14,15). The normalized spacial score (nSPS) is 13.7. The average Bonchev–Trinajstić information content (AvgIpc) is 2.36. The minimum Gasteiger partial charge on any atom is -0.504 e. The average molecular weight is 334 g/mol. The Hall–Kier alpha value is -1.31. The molecule has 0 aliphatic rings. The molecule has 0 spiro atoms. The van der Waals surface area contributed by atoms with Gasteiger partial charge in [-0.15, -0.1) is 0 Å². The molecule has 2 atom stereocenters. The van der Waals surface area contributed by atoms with Gasteiger partial charge in [0.25, 0.3) is 0 Å². The molecule has 2 unspecified atom stereocenters. The van der Waals surface area contributed by atoms with E-state index in [9.17, 15) is 20.1 Å². The van der Waals surface area contributed by atoms with Gasteiger partial charge in [0.15, 0.2) is 11.5 Å². The van der Waals surface area contributed by atoms with Crippen LogP contribution in [-0.4, -0.2) is 41.0 Å². The van der Waals surface area contributed by atoms with E-state index in [1.165, 1.54) is 20.1 Å². The van der Waals surface area contributed by atoms with Crippen LogP contribution < -0.4 is 10.1 Å². The third-order valence-electron chi connectivity index (χ3n) is 2.57. The molecule has 0 saturated carbocycles. The number of hydrogen-bond acceptors (Lipinski definition) is 5.